The molecule has 5 nitrogen and oxygen atoms in total. The molecule has 5 aliphatic rings. The van der Waals surface area contributed by atoms with E-state index in [1.807, 2.05) is 0 Å². The smallest absolute Gasteiger partial charge is 0.302 e. The van der Waals surface area contributed by atoms with Gasteiger partial charge in [-0.1, -0.05) is 54.4 Å². The number of rotatable bonds is 6. The highest BCUT2D eigenvalue weighted by Gasteiger charge is 2.84. The van der Waals surface area contributed by atoms with Crippen molar-refractivity contribution in [3.05, 3.63) is 0 Å². The Labute approximate surface area is 212 Å². The van der Waals surface area contributed by atoms with Crippen LogP contribution in [0.15, 0.2) is 0 Å². The quantitative estimate of drug-likeness (QED) is 0.383. The van der Waals surface area contributed by atoms with Crippen LogP contribution in [0.3, 0.4) is 0 Å². The second-order valence-corrected chi connectivity index (χ2v) is 14.1. The Hall–Kier alpha value is -0.940. The summed E-state index contributed by atoms with van der Waals surface area (Å²) < 4.78 is 12.2. The van der Waals surface area contributed by atoms with Gasteiger partial charge in [0.1, 0.15) is 17.5 Å². The number of carbonyl (C=O) groups is 2. The number of fused-ring (bicyclic) bond motifs is 3. The Morgan fingerprint density at radius 2 is 1.83 bits per heavy atom. The molecule has 1 saturated heterocycles. The van der Waals surface area contributed by atoms with Crippen LogP contribution in [-0.4, -0.2) is 40.3 Å². The third-order valence-electron chi connectivity index (χ3n) is 12.2. The molecule has 0 amide bonds. The van der Waals surface area contributed by atoms with E-state index in [0.717, 1.165) is 37.5 Å². The number of ether oxygens (including phenoxy) is 2. The van der Waals surface area contributed by atoms with Gasteiger partial charge in [0.25, 0.3) is 0 Å². The number of ketones is 1. The first kappa shape index (κ1) is 25.7. The molecule has 0 unspecified atom stereocenters. The van der Waals surface area contributed by atoms with Gasteiger partial charge < -0.3 is 14.6 Å². The number of aliphatic hydroxyl groups is 1. The maximum Gasteiger partial charge on any atom is 0.302 e. The molecule has 0 aromatic heterocycles. The maximum atomic E-state index is 13.9. The molecule has 0 bridgehead atoms. The van der Waals surface area contributed by atoms with E-state index in [1.54, 1.807) is 0 Å². The fourth-order valence-corrected chi connectivity index (χ4v) is 9.74. The van der Waals surface area contributed by atoms with Crippen molar-refractivity contribution in [2.24, 2.45) is 46.3 Å². The highest BCUT2D eigenvalue weighted by Crippen LogP contribution is 2.77. The molecule has 4 saturated carbocycles. The van der Waals surface area contributed by atoms with E-state index in [-0.39, 0.29) is 41.7 Å². The molecule has 1 heterocycles. The summed E-state index contributed by atoms with van der Waals surface area (Å²) in [5.41, 5.74) is -2.05. The molecule has 1 spiro atoms. The molecule has 5 rings (SSSR count). The Morgan fingerprint density at radius 1 is 1.11 bits per heavy atom. The minimum absolute atomic E-state index is 0.0576. The summed E-state index contributed by atoms with van der Waals surface area (Å²) in [5.74, 6) is 2.87. The monoisotopic (exact) mass is 488 g/mol. The molecule has 35 heavy (non-hydrogen) atoms. The highest BCUT2D eigenvalue weighted by atomic mass is 16.6. The zero-order chi connectivity index (χ0) is 25.6. The van der Waals surface area contributed by atoms with Crippen LogP contribution in [0.25, 0.3) is 0 Å². The number of hydrogen-bond acceptors (Lipinski definition) is 5. The third-order valence-corrected chi connectivity index (χ3v) is 12.2. The lowest BCUT2D eigenvalue weighted by atomic mass is 9.42. The summed E-state index contributed by atoms with van der Waals surface area (Å²) in [4.78, 5) is 25.5. The van der Waals surface area contributed by atoms with Crippen molar-refractivity contribution < 1.29 is 24.2 Å². The summed E-state index contributed by atoms with van der Waals surface area (Å²) in [7, 11) is 0. The van der Waals surface area contributed by atoms with E-state index in [1.165, 1.54) is 26.2 Å². The third kappa shape index (κ3) is 3.53. The number of epoxide rings is 1. The van der Waals surface area contributed by atoms with Crippen LogP contribution in [0.2, 0.25) is 0 Å². The Kier molecular flexibility index (Phi) is 6.08. The van der Waals surface area contributed by atoms with Crippen LogP contribution >= 0.6 is 0 Å². The Balaban J connectivity index is 1.39. The lowest BCUT2D eigenvalue weighted by Crippen LogP contribution is -2.70. The first-order valence-corrected chi connectivity index (χ1v) is 14.4. The van der Waals surface area contributed by atoms with Crippen LogP contribution in [0, 0.1) is 46.3 Å². The fourth-order valence-electron chi connectivity index (χ4n) is 9.74. The predicted molar refractivity (Wildman–Crippen MR) is 135 cm³/mol. The van der Waals surface area contributed by atoms with Gasteiger partial charge in [0.05, 0.1) is 17.6 Å². The molecular weight excluding hydrogens is 440 g/mol. The summed E-state index contributed by atoms with van der Waals surface area (Å²) in [5, 5.41) is 12.0. The average Bonchev–Trinajstić information content (AvgIpc) is 3.37. The zero-order valence-corrected chi connectivity index (χ0v) is 23.1. The SMILES string of the molecule is CC(=O)O[C@@H]1CC[C@]2(C)[C@@](O)(CC(=O)[C@@H]3[C@@H]4CC[C@@H]([C@H](C)CC[C@H](C)C(C)C)[C@]4(C)C[C@H]4O[C@@]342)C1. The lowest BCUT2D eigenvalue weighted by Gasteiger charge is -2.61. The molecule has 198 valence electrons. The van der Waals surface area contributed by atoms with Gasteiger partial charge in [-0.25, -0.2) is 0 Å². The summed E-state index contributed by atoms with van der Waals surface area (Å²) in [6, 6.07) is 0. The second-order valence-electron chi connectivity index (χ2n) is 14.1. The maximum absolute atomic E-state index is 13.9. The first-order chi connectivity index (χ1) is 16.3. The van der Waals surface area contributed by atoms with Gasteiger partial charge in [-0.15, -0.1) is 0 Å². The molecule has 5 fully saturated rings. The summed E-state index contributed by atoms with van der Waals surface area (Å²) in [6.45, 7) is 15.5. The summed E-state index contributed by atoms with van der Waals surface area (Å²) in [6.07, 6.45) is 7.57. The Bertz CT molecular complexity index is 884. The van der Waals surface area contributed by atoms with Crippen LogP contribution in [0.1, 0.15) is 106 Å². The van der Waals surface area contributed by atoms with Gasteiger partial charge in [-0.3, -0.25) is 9.59 Å². The van der Waals surface area contributed by atoms with Crippen molar-refractivity contribution >= 4 is 11.8 Å². The van der Waals surface area contributed by atoms with Crippen molar-refractivity contribution in [1.82, 2.24) is 0 Å². The van der Waals surface area contributed by atoms with Gasteiger partial charge in [0.2, 0.25) is 0 Å². The van der Waals surface area contributed by atoms with Crippen molar-refractivity contribution in [3.63, 3.8) is 0 Å². The molecular formula is C30H48O5. The largest absolute Gasteiger partial charge is 0.462 e. The van der Waals surface area contributed by atoms with Gasteiger partial charge >= 0.3 is 5.97 Å². The number of Topliss-reactive ketones (excluding diaryl/α,β-unsaturated/α-hetero) is 1. The van der Waals surface area contributed by atoms with E-state index >= 15 is 0 Å². The highest BCUT2D eigenvalue weighted by molar-refractivity contribution is 5.87. The van der Waals surface area contributed by atoms with Crippen LogP contribution in [0.5, 0.6) is 0 Å². The van der Waals surface area contributed by atoms with Gasteiger partial charge in [0.15, 0.2) is 0 Å². The molecule has 11 atom stereocenters. The van der Waals surface area contributed by atoms with Crippen LogP contribution < -0.4 is 0 Å². The van der Waals surface area contributed by atoms with E-state index < -0.39 is 16.6 Å². The zero-order valence-electron chi connectivity index (χ0n) is 23.1. The van der Waals surface area contributed by atoms with Crippen molar-refractivity contribution in [3.8, 4) is 0 Å². The van der Waals surface area contributed by atoms with E-state index in [9.17, 15) is 14.7 Å². The molecule has 1 aliphatic heterocycles. The van der Waals surface area contributed by atoms with Crippen molar-refractivity contribution in [2.75, 3.05) is 0 Å². The van der Waals surface area contributed by atoms with E-state index in [4.69, 9.17) is 9.47 Å². The van der Waals surface area contributed by atoms with Gasteiger partial charge in [0, 0.05) is 25.2 Å². The topological polar surface area (TPSA) is 76.1 Å². The Morgan fingerprint density at radius 3 is 2.49 bits per heavy atom. The molecule has 5 heteroatoms. The second kappa shape index (κ2) is 8.28. The minimum Gasteiger partial charge on any atom is -0.462 e. The van der Waals surface area contributed by atoms with Gasteiger partial charge in [-0.2, -0.15) is 0 Å². The number of carbonyl (C=O) groups excluding carboxylic acids is 2. The molecule has 0 aromatic rings. The standard InChI is InChI=1S/C30H48O5/c1-17(2)18(3)8-9-19(4)22-10-11-23-26-24(32)15-29(33)14-21(34-20(5)31)12-13-28(29,7)30(26)25(35-30)16-27(22,23)6/h17-19,21-23,25-26,33H,8-16H2,1-7H3/t18-,19+,21+,22-,23-,25+,26-,27-,28+,29-,30+/m0/s1. The molecule has 0 aromatic carbocycles. The van der Waals surface area contributed by atoms with Crippen LogP contribution in [-0.2, 0) is 19.1 Å². The van der Waals surface area contributed by atoms with Gasteiger partial charge in [-0.05, 0) is 67.1 Å². The summed E-state index contributed by atoms with van der Waals surface area (Å²) >= 11 is 0. The minimum atomic E-state index is -1.17. The van der Waals surface area contributed by atoms with Crippen molar-refractivity contribution in [2.45, 2.75) is 130 Å². The van der Waals surface area contributed by atoms with E-state index in [0.29, 0.717) is 24.2 Å². The molecule has 0 radical (unpaired) electrons. The van der Waals surface area contributed by atoms with Crippen LogP contribution in [0.4, 0.5) is 0 Å². The predicted octanol–water partition coefficient (Wildman–Crippen LogP) is 5.71. The van der Waals surface area contributed by atoms with Crippen molar-refractivity contribution in [1.29, 1.82) is 0 Å². The fraction of sp³-hybridized carbons (Fsp3) is 0.933. The first-order valence-electron chi connectivity index (χ1n) is 14.4. The number of hydrogen-bond donors (Lipinski definition) is 1. The lowest BCUT2D eigenvalue weighted by molar-refractivity contribution is -0.217. The normalized spacial score (nSPS) is 50.0. The van der Waals surface area contributed by atoms with E-state index in [2.05, 4.69) is 41.5 Å². The molecule has 1 N–H and O–H groups in total. The number of esters is 1. The molecule has 4 aliphatic carbocycles. The average molecular weight is 489 g/mol.